The Morgan fingerprint density at radius 1 is 1.23 bits per heavy atom. The molecule has 1 amide bonds. The number of anilines is 1. The van der Waals surface area contributed by atoms with Crippen molar-refractivity contribution in [3.05, 3.63) is 18.5 Å². The van der Waals surface area contributed by atoms with E-state index in [-0.39, 0.29) is 18.3 Å². The number of piperazine rings is 1. The Bertz CT molecular complexity index is 478. The van der Waals surface area contributed by atoms with Gasteiger partial charge in [-0.3, -0.25) is 4.79 Å². The van der Waals surface area contributed by atoms with Gasteiger partial charge in [0.05, 0.1) is 0 Å². The average Bonchev–Trinajstić information content (AvgIpc) is 2.55. The molecule has 2 aliphatic heterocycles. The maximum Gasteiger partial charge on any atom is 0.225 e. The first-order valence-electron chi connectivity index (χ1n) is 7.78. The van der Waals surface area contributed by atoms with E-state index in [1.54, 1.807) is 12.4 Å². The first-order chi connectivity index (χ1) is 10.2. The van der Waals surface area contributed by atoms with Gasteiger partial charge in [-0.05, 0) is 32.4 Å². The summed E-state index contributed by atoms with van der Waals surface area (Å²) in [4.78, 5) is 25.3. The van der Waals surface area contributed by atoms with Gasteiger partial charge in [0, 0.05) is 50.5 Å². The monoisotopic (exact) mass is 325 g/mol. The van der Waals surface area contributed by atoms with Crippen molar-refractivity contribution in [2.75, 3.05) is 37.6 Å². The van der Waals surface area contributed by atoms with Crippen LogP contribution in [0.3, 0.4) is 0 Å². The number of carbonyl (C=O) groups is 1. The summed E-state index contributed by atoms with van der Waals surface area (Å²) in [5, 5.41) is 3.40. The smallest absolute Gasteiger partial charge is 0.225 e. The quantitative estimate of drug-likeness (QED) is 0.876. The number of piperidine rings is 1. The summed E-state index contributed by atoms with van der Waals surface area (Å²) in [5.74, 6) is 1.29. The van der Waals surface area contributed by atoms with E-state index in [2.05, 4.69) is 27.1 Å². The van der Waals surface area contributed by atoms with E-state index in [1.165, 1.54) is 0 Å². The van der Waals surface area contributed by atoms with Crippen LogP contribution in [0, 0.1) is 5.92 Å². The van der Waals surface area contributed by atoms with Gasteiger partial charge < -0.3 is 15.1 Å². The molecule has 1 aromatic rings. The number of amides is 1. The molecular formula is C15H24ClN5O. The Hall–Kier alpha value is -1.40. The normalized spacial score (nSPS) is 25.5. The molecule has 2 atom stereocenters. The molecule has 0 spiro atoms. The van der Waals surface area contributed by atoms with E-state index in [4.69, 9.17) is 0 Å². The van der Waals surface area contributed by atoms with Gasteiger partial charge in [-0.2, -0.15) is 0 Å². The molecule has 0 radical (unpaired) electrons. The third kappa shape index (κ3) is 3.87. The van der Waals surface area contributed by atoms with Gasteiger partial charge in [0.15, 0.2) is 0 Å². The number of halogens is 1. The molecule has 2 aliphatic rings. The Morgan fingerprint density at radius 2 is 1.91 bits per heavy atom. The van der Waals surface area contributed by atoms with Gasteiger partial charge in [0.25, 0.3) is 0 Å². The summed E-state index contributed by atoms with van der Waals surface area (Å²) in [5.41, 5.74) is 0. The van der Waals surface area contributed by atoms with E-state index in [1.807, 2.05) is 11.0 Å². The fourth-order valence-electron chi connectivity index (χ4n) is 3.20. The first kappa shape index (κ1) is 17.0. The van der Waals surface area contributed by atoms with Crippen LogP contribution in [0.1, 0.15) is 19.8 Å². The minimum absolute atomic E-state index is 0. The zero-order valence-electron chi connectivity index (χ0n) is 12.9. The molecule has 6 nitrogen and oxygen atoms in total. The average molecular weight is 326 g/mol. The lowest BCUT2D eigenvalue weighted by atomic mass is 9.92. The molecule has 2 saturated heterocycles. The molecule has 22 heavy (non-hydrogen) atoms. The fourth-order valence-corrected chi connectivity index (χ4v) is 3.20. The highest BCUT2D eigenvalue weighted by molar-refractivity contribution is 5.85. The van der Waals surface area contributed by atoms with Crippen molar-refractivity contribution in [2.45, 2.75) is 25.8 Å². The van der Waals surface area contributed by atoms with Crippen LogP contribution in [0.25, 0.3) is 0 Å². The molecule has 0 saturated carbocycles. The first-order valence-corrected chi connectivity index (χ1v) is 7.78. The number of hydrogen-bond donors (Lipinski definition) is 1. The van der Waals surface area contributed by atoms with Crippen molar-refractivity contribution in [1.82, 2.24) is 20.2 Å². The second-order valence-corrected chi connectivity index (χ2v) is 5.94. The van der Waals surface area contributed by atoms with E-state index < -0.39 is 0 Å². The molecule has 0 aromatic carbocycles. The molecule has 2 fully saturated rings. The lowest BCUT2D eigenvalue weighted by Crippen LogP contribution is -2.52. The highest BCUT2D eigenvalue weighted by Gasteiger charge is 2.30. The van der Waals surface area contributed by atoms with Crippen LogP contribution >= 0.6 is 12.4 Å². The molecule has 1 N–H and O–H groups in total. The summed E-state index contributed by atoms with van der Waals surface area (Å²) in [6.07, 6.45) is 5.44. The van der Waals surface area contributed by atoms with E-state index in [9.17, 15) is 4.79 Å². The second-order valence-electron chi connectivity index (χ2n) is 5.94. The minimum Gasteiger partial charge on any atom is -0.339 e. The maximum atomic E-state index is 12.6. The van der Waals surface area contributed by atoms with Crippen molar-refractivity contribution < 1.29 is 4.79 Å². The van der Waals surface area contributed by atoms with Crippen molar-refractivity contribution in [2.24, 2.45) is 5.92 Å². The molecule has 0 bridgehead atoms. The van der Waals surface area contributed by atoms with Crippen LogP contribution in [0.4, 0.5) is 5.95 Å². The molecular weight excluding hydrogens is 302 g/mol. The van der Waals surface area contributed by atoms with Gasteiger partial charge in [0.2, 0.25) is 11.9 Å². The van der Waals surface area contributed by atoms with Gasteiger partial charge in [-0.25, -0.2) is 9.97 Å². The lowest BCUT2D eigenvalue weighted by molar-refractivity contribution is -0.137. The molecule has 3 heterocycles. The lowest BCUT2D eigenvalue weighted by Gasteiger charge is -2.38. The topological polar surface area (TPSA) is 61.4 Å². The number of nitrogens with one attached hydrogen (secondary N) is 1. The predicted molar refractivity (Wildman–Crippen MR) is 88.3 cm³/mol. The summed E-state index contributed by atoms with van der Waals surface area (Å²) in [7, 11) is 0. The standard InChI is InChI=1S/C15H23N5O.ClH/c1-12-11-13(3-6-16-12)14(21)19-7-9-20(10-8-19)15-17-4-2-5-18-15;/h2,4-5,12-13,16H,3,6-11H2,1H3;1H/t12-,13-;/m0./s1. The van der Waals surface area contributed by atoms with Gasteiger partial charge >= 0.3 is 0 Å². The summed E-state index contributed by atoms with van der Waals surface area (Å²) in [6, 6.07) is 2.27. The van der Waals surface area contributed by atoms with E-state index in [0.717, 1.165) is 51.5 Å². The summed E-state index contributed by atoms with van der Waals surface area (Å²) in [6.45, 7) is 6.29. The van der Waals surface area contributed by atoms with Crippen LogP contribution in [0.2, 0.25) is 0 Å². The van der Waals surface area contributed by atoms with Crippen LogP contribution < -0.4 is 10.2 Å². The van der Waals surface area contributed by atoms with Crippen LogP contribution in [-0.2, 0) is 4.79 Å². The van der Waals surface area contributed by atoms with Crippen molar-refractivity contribution in [3.8, 4) is 0 Å². The molecule has 122 valence electrons. The SMILES string of the molecule is C[C@H]1C[C@@H](C(=O)N2CCN(c3ncccn3)CC2)CCN1.Cl. The number of hydrogen-bond acceptors (Lipinski definition) is 5. The number of nitrogens with zero attached hydrogens (tertiary/aromatic N) is 4. The van der Waals surface area contributed by atoms with E-state index in [0.29, 0.717) is 11.9 Å². The zero-order chi connectivity index (χ0) is 14.7. The van der Waals surface area contributed by atoms with Crippen LogP contribution in [0.5, 0.6) is 0 Å². The van der Waals surface area contributed by atoms with Crippen LogP contribution in [-0.4, -0.2) is 59.5 Å². The Morgan fingerprint density at radius 3 is 2.55 bits per heavy atom. The zero-order valence-corrected chi connectivity index (χ0v) is 13.8. The number of carbonyl (C=O) groups excluding carboxylic acids is 1. The maximum absolute atomic E-state index is 12.6. The Balaban J connectivity index is 0.00000176. The van der Waals surface area contributed by atoms with Crippen molar-refractivity contribution >= 4 is 24.3 Å². The third-order valence-corrected chi connectivity index (χ3v) is 4.40. The molecule has 0 aliphatic carbocycles. The fraction of sp³-hybridized carbons (Fsp3) is 0.667. The molecule has 0 unspecified atom stereocenters. The molecule has 3 rings (SSSR count). The van der Waals surface area contributed by atoms with Gasteiger partial charge in [-0.15, -0.1) is 12.4 Å². The predicted octanol–water partition coefficient (Wildman–Crippen LogP) is 0.935. The summed E-state index contributed by atoms with van der Waals surface area (Å²) >= 11 is 0. The Kier molecular flexibility index (Phi) is 5.97. The Labute approximate surface area is 137 Å². The largest absolute Gasteiger partial charge is 0.339 e. The minimum atomic E-state index is 0. The van der Waals surface area contributed by atoms with Gasteiger partial charge in [-0.1, -0.05) is 0 Å². The third-order valence-electron chi connectivity index (χ3n) is 4.40. The highest BCUT2D eigenvalue weighted by Crippen LogP contribution is 2.20. The molecule has 7 heteroatoms. The molecule has 1 aromatic heterocycles. The number of rotatable bonds is 2. The van der Waals surface area contributed by atoms with Gasteiger partial charge in [0.1, 0.15) is 0 Å². The van der Waals surface area contributed by atoms with E-state index >= 15 is 0 Å². The van der Waals surface area contributed by atoms with Crippen LogP contribution in [0.15, 0.2) is 18.5 Å². The second kappa shape index (κ2) is 7.74. The van der Waals surface area contributed by atoms with Crippen molar-refractivity contribution in [3.63, 3.8) is 0 Å². The summed E-state index contributed by atoms with van der Waals surface area (Å²) < 4.78 is 0. The van der Waals surface area contributed by atoms with Crippen molar-refractivity contribution in [1.29, 1.82) is 0 Å². The highest BCUT2D eigenvalue weighted by atomic mass is 35.5. The number of aromatic nitrogens is 2.